The second-order valence-electron chi connectivity index (χ2n) is 5.03. The summed E-state index contributed by atoms with van der Waals surface area (Å²) in [7, 11) is 4.40. The third-order valence-electron chi connectivity index (χ3n) is 3.63. The SMILES string of the molecule is COc1ccc(C(=O)O)c(-c2cc(OC)cc(OC)c2C(C)=O)c1. The molecule has 0 amide bonds. The molecular formula is C18H18O6. The first-order valence-electron chi connectivity index (χ1n) is 7.11. The molecule has 0 fully saturated rings. The van der Waals surface area contributed by atoms with Gasteiger partial charge < -0.3 is 19.3 Å². The third-order valence-corrected chi connectivity index (χ3v) is 3.63. The molecule has 0 atom stereocenters. The Hall–Kier alpha value is -3.02. The summed E-state index contributed by atoms with van der Waals surface area (Å²) in [4.78, 5) is 23.8. The fraction of sp³-hybridized carbons (Fsp3) is 0.222. The summed E-state index contributed by atoms with van der Waals surface area (Å²) >= 11 is 0. The van der Waals surface area contributed by atoms with Crippen molar-refractivity contribution in [2.24, 2.45) is 0 Å². The van der Waals surface area contributed by atoms with Crippen molar-refractivity contribution in [3.05, 3.63) is 41.5 Å². The number of Topliss-reactive ketones (excluding diaryl/α,β-unsaturated/α-hetero) is 1. The van der Waals surface area contributed by atoms with Crippen LogP contribution in [-0.4, -0.2) is 38.2 Å². The van der Waals surface area contributed by atoms with Gasteiger partial charge in [-0.3, -0.25) is 4.79 Å². The Morgan fingerprint density at radius 2 is 1.50 bits per heavy atom. The van der Waals surface area contributed by atoms with E-state index in [0.717, 1.165) is 0 Å². The lowest BCUT2D eigenvalue weighted by molar-refractivity contribution is 0.0697. The maximum atomic E-state index is 12.2. The lowest BCUT2D eigenvalue weighted by Crippen LogP contribution is -2.06. The summed E-state index contributed by atoms with van der Waals surface area (Å²) in [6, 6.07) is 7.76. The molecule has 0 heterocycles. The number of methoxy groups -OCH3 is 3. The molecule has 1 N–H and O–H groups in total. The largest absolute Gasteiger partial charge is 0.497 e. The number of carbonyl (C=O) groups excluding carboxylic acids is 1. The molecule has 6 nitrogen and oxygen atoms in total. The molecule has 24 heavy (non-hydrogen) atoms. The van der Waals surface area contributed by atoms with Gasteiger partial charge in [-0.25, -0.2) is 4.79 Å². The molecule has 0 spiro atoms. The van der Waals surface area contributed by atoms with Gasteiger partial charge in [-0.05, 0) is 31.2 Å². The molecule has 0 aliphatic carbocycles. The standard InChI is InChI=1S/C18H18O6/c1-10(19)17-15(8-12(23-3)9-16(17)24-4)14-7-11(22-2)5-6-13(14)18(20)21/h5-9H,1-4H3,(H,20,21). The van der Waals surface area contributed by atoms with Gasteiger partial charge in [0.15, 0.2) is 5.78 Å². The van der Waals surface area contributed by atoms with Gasteiger partial charge in [0.25, 0.3) is 0 Å². The highest BCUT2D eigenvalue weighted by molar-refractivity contribution is 6.07. The molecule has 0 saturated heterocycles. The molecule has 0 bridgehead atoms. The zero-order valence-electron chi connectivity index (χ0n) is 13.9. The number of benzene rings is 2. The van der Waals surface area contributed by atoms with E-state index in [4.69, 9.17) is 14.2 Å². The van der Waals surface area contributed by atoms with E-state index in [2.05, 4.69) is 0 Å². The maximum Gasteiger partial charge on any atom is 0.336 e. The van der Waals surface area contributed by atoms with E-state index in [9.17, 15) is 14.7 Å². The lowest BCUT2D eigenvalue weighted by atomic mass is 9.92. The Kier molecular flexibility index (Phi) is 5.08. The van der Waals surface area contributed by atoms with E-state index >= 15 is 0 Å². The number of hydrogen-bond donors (Lipinski definition) is 1. The van der Waals surface area contributed by atoms with Crippen LogP contribution in [0.4, 0.5) is 0 Å². The van der Waals surface area contributed by atoms with Crippen LogP contribution in [0.2, 0.25) is 0 Å². The average Bonchev–Trinajstić information content (AvgIpc) is 2.59. The summed E-state index contributed by atoms with van der Waals surface area (Å²) in [5.74, 6) is -0.110. The first-order chi connectivity index (χ1) is 11.4. The van der Waals surface area contributed by atoms with Gasteiger partial charge in [-0.2, -0.15) is 0 Å². The summed E-state index contributed by atoms with van der Waals surface area (Å²) in [5.41, 5.74) is 1.10. The normalized spacial score (nSPS) is 10.2. The summed E-state index contributed by atoms with van der Waals surface area (Å²) in [5, 5.41) is 9.48. The van der Waals surface area contributed by atoms with Gasteiger partial charge >= 0.3 is 5.97 Å². The highest BCUT2D eigenvalue weighted by atomic mass is 16.5. The van der Waals surface area contributed by atoms with Gasteiger partial charge in [0.1, 0.15) is 17.2 Å². The van der Waals surface area contributed by atoms with E-state index in [0.29, 0.717) is 28.4 Å². The highest BCUT2D eigenvalue weighted by Gasteiger charge is 2.22. The minimum absolute atomic E-state index is 0.0496. The maximum absolute atomic E-state index is 12.2. The molecule has 6 heteroatoms. The monoisotopic (exact) mass is 330 g/mol. The molecule has 126 valence electrons. The van der Waals surface area contributed by atoms with Crippen molar-refractivity contribution in [2.75, 3.05) is 21.3 Å². The van der Waals surface area contributed by atoms with Gasteiger partial charge in [0.05, 0.1) is 32.5 Å². The molecule has 2 rings (SSSR count). The number of aromatic carboxylic acids is 1. The first kappa shape index (κ1) is 17.3. The number of ketones is 1. The zero-order valence-corrected chi connectivity index (χ0v) is 13.9. The highest BCUT2D eigenvalue weighted by Crippen LogP contribution is 2.38. The Balaban J connectivity index is 2.89. The molecule has 0 aromatic heterocycles. The van der Waals surface area contributed by atoms with Crippen molar-refractivity contribution < 1.29 is 28.9 Å². The number of carboxylic acid groups (broad SMARTS) is 1. The third kappa shape index (κ3) is 3.17. The Morgan fingerprint density at radius 1 is 0.875 bits per heavy atom. The van der Waals surface area contributed by atoms with Gasteiger partial charge in [0.2, 0.25) is 0 Å². The van der Waals surface area contributed by atoms with Crippen LogP contribution in [0.3, 0.4) is 0 Å². The van der Waals surface area contributed by atoms with Crippen LogP contribution in [0, 0.1) is 0 Å². The van der Waals surface area contributed by atoms with E-state index in [1.807, 2.05) is 0 Å². The molecular weight excluding hydrogens is 312 g/mol. The minimum atomic E-state index is -1.11. The van der Waals surface area contributed by atoms with Crippen LogP contribution in [0.5, 0.6) is 17.2 Å². The Morgan fingerprint density at radius 3 is 2.00 bits per heavy atom. The number of ether oxygens (including phenoxy) is 3. The number of rotatable bonds is 6. The summed E-state index contributed by atoms with van der Waals surface area (Å²) < 4.78 is 15.7. The Bertz CT molecular complexity index is 794. The van der Waals surface area contributed by atoms with Crippen LogP contribution in [-0.2, 0) is 0 Å². The Labute approximate surface area is 139 Å². The average molecular weight is 330 g/mol. The van der Waals surface area contributed by atoms with Crippen LogP contribution < -0.4 is 14.2 Å². The summed E-state index contributed by atoms with van der Waals surface area (Å²) in [6.07, 6.45) is 0. The van der Waals surface area contributed by atoms with Crippen molar-refractivity contribution in [2.45, 2.75) is 6.92 Å². The molecule has 0 aliphatic rings. The summed E-state index contributed by atoms with van der Waals surface area (Å²) in [6.45, 7) is 1.40. The number of hydrogen-bond acceptors (Lipinski definition) is 5. The first-order valence-corrected chi connectivity index (χ1v) is 7.11. The topological polar surface area (TPSA) is 82.1 Å². The molecule has 2 aromatic rings. The van der Waals surface area contributed by atoms with Crippen molar-refractivity contribution in [1.82, 2.24) is 0 Å². The second kappa shape index (κ2) is 7.04. The van der Waals surface area contributed by atoms with Crippen molar-refractivity contribution >= 4 is 11.8 Å². The van der Waals surface area contributed by atoms with Crippen LogP contribution in [0.25, 0.3) is 11.1 Å². The molecule has 0 unspecified atom stereocenters. The molecule has 0 aliphatic heterocycles. The predicted molar refractivity (Wildman–Crippen MR) is 88.5 cm³/mol. The van der Waals surface area contributed by atoms with Crippen molar-refractivity contribution in [1.29, 1.82) is 0 Å². The van der Waals surface area contributed by atoms with Crippen LogP contribution >= 0.6 is 0 Å². The van der Waals surface area contributed by atoms with Gasteiger partial charge in [0, 0.05) is 17.2 Å². The zero-order chi connectivity index (χ0) is 17.9. The molecule has 0 saturated carbocycles. The fourth-order valence-corrected chi connectivity index (χ4v) is 2.50. The van der Waals surface area contributed by atoms with E-state index in [1.165, 1.54) is 34.3 Å². The smallest absolute Gasteiger partial charge is 0.336 e. The fourth-order valence-electron chi connectivity index (χ4n) is 2.50. The van der Waals surface area contributed by atoms with Crippen molar-refractivity contribution in [3.8, 4) is 28.4 Å². The molecule has 2 aromatic carbocycles. The van der Waals surface area contributed by atoms with E-state index in [1.54, 1.807) is 24.3 Å². The number of carboxylic acids is 1. The number of carbonyl (C=O) groups is 2. The molecule has 0 radical (unpaired) electrons. The van der Waals surface area contributed by atoms with E-state index in [-0.39, 0.29) is 16.9 Å². The van der Waals surface area contributed by atoms with Crippen molar-refractivity contribution in [3.63, 3.8) is 0 Å². The lowest BCUT2D eigenvalue weighted by Gasteiger charge is -2.16. The van der Waals surface area contributed by atoms with Gasteiger partial charge in [-0.1, -0.05) is 0 Å². The second-order valence-corrected chi connectivity index (χ2v) is 5.03. The van der Waals surface area contributed by atoms with E-state index < -0.39 is 5.97 Å². The quantitative estimate of drug-likeness (QED) is 0.819. The van der Waals surface area contributed by atoms with Gasteiger partial charge in [-0.15, -0.1) is 0 Å². The minimum Gasteiger partial charge on any atom is -0.497 e. The van der Waals surface area contributed by atoms with Crippen LogP contribution in [0.1, 0.15) is 27.6 Å². The predicted octanol–water partition coefficient (Wildman–Crippen LogP) is 3.28. The van der Waals surface area contributed by atoms with Crippen LogP contribution in [0.15, 0.2) is 30.3 Å².